The van der Waals surface area contributed by atoms with Gasteiger partial charge in [-0.2, -0.15) is 0 Å². The zero-order valence-corrected chi connectivity index (χ0v) is 19.3. The van der Waals surface area contributed by atoms with Gasteiger partial charge in [0.2, 0.25) is 0 Å². The SMILES string of the molecule is CNC(=O)c1cc(Oc2ccc3c(c2)[C@H](C)N(C(=O)Nc2cc(F)c(C)cc2P)O3)ccn1. The molecule has 0 fully saturated rings. The molecule has 3 amide bonds. The standard InChI is InChI=1S/C23H22FN4O4P/c1-12-8-21(33)18(11-17(12)24)27-23(30)28-13(2)16-9-14(4-5-20(16)32-28)31-15-6-7-26-19(10-15)22(29)25-3/h4-11,13H,33H2,1-3H3,(H,25,29)(H,27,30)/t13-/m0/s1. The average molecular weight is 468 g/mol. The summed E-state index contributed by atoms with van der Waals surface area (Å²) in [6.07, 6.45) is 1.49. The Kier molecular flexibility index (Phi) is 6.16. The van der Waals surface area contributed by atoms with Crippen molar-refractivity contribution in [3.63, 3.8) is 0 Å². The maximum atomic E-state index is 13.9. The van der Waals surface area contributed by atoms with E-state index < -0.39 is 17.9 Å². The van der Waals surface area contributed by atoms with Crippen molar-refractivity contribution in [2.45, 2.75) is 19.9 Å². The van der Waals surface area contributed by atoms with Crippen molar-refractivity contribution in [3.8, 4) is 17.2 Å². The van der Waals surface area contributed by atoms with Crippen LogP contribution in [-0.4, -0.2) is 29.0 Å². The number of pyridine rings is 1. The average Bonchev–Trinajstić information content (AvgIpc) is 3.13. The van der Waals surface area contributed by atoms with E-state index in [1.54, 1.807) is 37.3 Å². The molecule has 0 saturated heterocycles. The molecule has 3 aromatic rings. The normalized spacial score (nSPS) is 14.3. The van der Waals surface area contributed by atoms with Gasteiger partial charge in [-0.25, -0.2) is 9.18 Å². The zero-order valence-electron chi connectivity index (χ0n) is 18.2. The number of hydrogen-bond acceptors (Lipinski definition) is 5. The van der Waals surface area contributed by atoms with E-state index in [-0.39, 0.29) is 11.6 Å². The van der Waals surface area contributed by atoms with Crippen LogP contribution in [0.4, 0.5) is 14.9 Å². The largest absolute Gasteiger partial charge is 0.457 e. The molecule has 1 aliphatic rings. The number of carbonyl (C=O) groups excluding carboxylic acids is 2. The fraction of sp³-hybridized carbons (Fsp3) is 0.174. The predicted molar refractivity (Wildman–Crippen MR) is 125 cm³/mol. The lowest BCUT2D eigenvalue weighted by atomic mass is 10.1. The molecule has 2 atom stereocenters. The third kappa shape index (κ3) is 4.59. The van der Waals surface area contributed by atoms with E-state index in [0.29, 0.717) is 33.8 Å². The first-order chi connectivity index (χ1) is 15.8. The molecule has 0 spiro atoms. The van der Waals surface area contributed by atoms with Gasteiger partial charge in [-0.15, -0.1) is 14.3 Å². The number of urea groups is 1. The number of nitrogens with zero attached hydrogens (tertiary/aromatic N) is 2. The van der Waals surface area contributed by atoms with Crippen LogP contribution < -0.4 is 25.5 Å². The Balaban J connectivity index is 1.50. The number of anilines is 1. The van der Waals surface area contributed by atoms with Crippen LogP contribution in [0.25, 0.3) is 0 Å². The molecule has 2 aromatic carbocycles. The summed E-state index contributed by atoms with van der Waals surface area (Å²) >= 11 is 0. The first-order valence-electron chi connectivity index (χ1n) is 10.1. The monoisotopic (exact) mass is 468 g/mol. The summed E-state index contributed by atoms with van der Waals surface area (Å²) in [6.45, 7) is 3.46. The number of ether oxygens (including phenoxy) is 1. The number of hydrogen-bond donors (Lipinski definition) is 2. The van der Waals surface area contributed by atoms with Crippen LogP contribution in [0, 0.1) is 12.7 Å². The topological polar surface area (TPSA) is 92.8 Å². The zero-order chi connectivity index (χ0) is 23.7. The Morgan fingerprint density at radius 3 is 2.70 bits per heavy atom. The minimum absolute atomic E-state index is 0.233. The van der Waals surface area contributed by atoms with Crippen LogP contribution in [0.1, 0.15) is 34.6 Å². The molecule has 1 aromatic heterocycles. The lowest BCUT2D eigenvalue weighted by Crippen LogP contribution is -2.36. The summed E-state index contributed by atoms with van der Waals surface area (Å²) in [5.74, 6) is 0.729. The molecule has 4 rings (SSSR count). The highest BCUT2D eigenvalue weighted by Gasteiger charge is 2.34. The van der Waals surface area contributed by atoms with Gasteiger partial charge in [-0.05, 0) is 61.1 Å². The highest BCUT2D eigenvalue weighted by Crippen LogP contribution is 2.40. The lowest BCUT2D eigenvalue weighted by Gasteiger charge is -2.21. The van der Waals surface area contributed by atoms with Crippen molar-refractivity contribution in [1.82, 2.24) is 15.4 Å². The Morgan fingerprint density at radius 2 is 1.94 bits per heavy atom. The van der Waals surface area contributed by atoms with Gasteiger partial charge >= 0.3 is 6.03 Å². The summed E-state index contributed by atoms with van der Waals surface area (Å²) in [5, 5.41) is 7.05. The fourth-order valence-corrected chi connectivity index (χ4v) is 3.78. The van der Waals surface area contributed by atoms with E-state index in [2.05, 4.69) is 24.9 Å². The molecule has 0 saturated carbocycles. The highest BCUT2D eigenvalue weighted by atomic mass is 31.0. The molecule has 8 nitrogen and oxygen atoms in total. The molecule has 10 heteroatoms. The minimum Gasteiger partial charge on any atom is -0.457 e. The van der Waals surface area contributed by atoms with E-state index in [1.165, 1.54) is 30.4 Å². The van der Waals surface area contributed by atoms with E-state index >= 15 is 0 Å². The summed E-state index contributed by atoms with van der Waals surface area (Å²) in [7, 11) is 4.00. The second kappa shape index (κ2) is 9.03. The molecule has 0 radical (unpaired) electrons. The number of fused-ring (bicyclic) bond motifs is 1. The third-order valence-electron chi connectivity index (χ3n) is 5.18. The first-order valence-corrected chi connectivity index (χ1v) is 10.7. The molecule has 2 N–H and O–H groups in total. The van der Waals surface area contributed by atoms with Gasteiger partial charge in [-0.3, -0.25) is 9.78 Å². The van der Waals surface area contributed by atoms with Gasteiger partial charge in [0.05, 0.1) is 11.7 Å². The van der Waals surface area contributed by atoms with Crippen molar-refractivity contribution in [2.75, 3.05) is 12.4 Å². The smallest absolute Gasteiger partial charge is 0.355 e. The van der Waals surface area contributed by atoms with Crippen molar-refractivity contribution in [2.24, 2.45) is 0 Å². The summed E-state index contributed by atoms with van der Waals surface area (Å²) in [5.41, 5.74) is 1.80. The van der Waals surface area contributed by atoms with Gasteiger partial charge < -0.3 is 20.2 Å². The second-order valence-corrected chi connectivity index (χ2v) is 8.09. The van der Waals surface area contributed by atoms with E-state index in [0.717, 1.165) is 5.56 Å². The van der Waals surface area contributed by atoms with Crippen LogP contribution in [0.15, 0.2) is 48.7 Å². The quantitative estimate of drug-likeness (QED) is 0.563. The minimum atomic E-state index is -0.530. The molecule has 33 heavy (non-hydrogen) atoms. The summed E-state index contributed by atoms with van der Waals surface area (Å²) in [4.78, 5) is 34.4. The third-order valence-corrected chi connectivity index (χ3v) is 5.66. The first kappa shape index (κ1) is 22.5. The molecule has 0 bridgehead atoms. The number of halogens is 1. The Bertz CT molecular complexity index is 1250. The number of amides is 3. The number of aromatic nitrogens is 1. The summed E-state index contributed by atoms with van der Waals surface area (Å²) in [6, 6.07) is 10.3. The number of hydroxylamine groups is 2. The summed E-state index contributed by atoms with van der Waals surface area (Å²) < 4.78 is 19.8. The highest BCUT2D eigenvalue weighted by molar-refractivity contribution is 7.28. The fourth-order valence-electron chi connectivity index (χ4n) is 3.37. The maximum absolute atomic E-state index is 13.9. The van der Waals surface area contributed by atoms with Gasteiger partial charge in [0.15, 0.2) is 5.75 Å². The van der Waals surface area contributed by atoms with Gasteiger partial charge in [0, 0.05) is 24.9 Å². The molecule has 2 heterocycles. The van der Waals surface area contributed by atoms with Crippen molar-refractivity contribution in [1.29, 1.82) is 0 Å². The number of aryl methyl sites for hydroxylation is 1. The molecule has 0 aliphatic carbocycles. The van der Waals surface area contributed by atoms with Gasteiger partial charge in [0.25, 0.3) is 5.91 Å². The van der Waals surface area contributed by atoms with Crippen molar-refractivity contribution < 1.29 is 23.6 Å². The van der Waals surface area contributed by atoms with E-state index in [4.69, 9.17) is 9.57 Å². The predicted octanol–water partition coefficient (Wildman–Crippen LogP) is 4.08. The number of nitrogens with one attached hydrogen (secondary N) is 2. The van der Waals surface area contributed by atoms with Crippen molar-refractivity contribution >= 4 is 32.2 Å². The maximum Gasteiger partial charge on any atom is 0.355 e. The number of rotatable bonds is 4. The molecule has 1 unspecified atom stereocenters. The Morgan fingerprint density at radius 1 is 1.18 bits per heavy atom. The number of benzene rings is 2. The van der Waals surface area contributed by atoms with Crippen LogP contribution in [0.2, 0.25) is 0 Å². The van der Waals surface area contributed by atoms with Crippen molar-refractivity contribution in [3.05, 3.63) is 71.3 Å². The van der Waals surface area contributed by atoms with Crippen LogP contribution in [-0.2, 0) is 0 Å². The van der Waals surface area contributed by atoms with Gasteiger partial charge in [0.1, 0.15) is 23.0 Å². The molecule has 170 valence electrons. The van der Waals surface area contributed by atoms with Crippen LogP contribution in [0.5, 0.6) is 17.2 Å². The molecular weight excluding hydrogens is 446 g/mol. The molecule has 1 aliphatic heterocycles. The lowest BCUT2D eigenvalue weighted by molar-refractivity contribution is -0.0118. The van der Waals surface area contributed by atoms with Crippen LogP contribution >= 0.6 is 9.24 Å². The Labute approximate surface area is 192 Å². The van der Waals surface area contributed by atoms with Crippen LogP contribution in [0.3, 0.4) is 0 Å². The number of carbonyl (C=O) groups is 2. The van der Waals surface area contributed by atoms with E-state index in [1.807, 2.05) is 6.92 Å². The Hall–Kier alpha value is -3.71. The second-order valence-electron chi connectivity index (χ2n) is 7.47. The molecular formula is C23H22FN4O4P. The van der Waals surface area contributed by atoms with Gasteiger partial charge in [-0.1, -0.05) is 0 Å². The van der Waals surface area contributed by atoms with E-state index in [9.17, 15) is 14.0 Å².